The van der Waals surface area contributed by atoms with Crippen LogP contribution in [-0.2, 0) is 4.74 Å². The van der Waals surface area contributed by atoms with Crippen LogP contribution in [0.3, 0.4) is 0 Å². The van der Waals surface area contributed by atoms with E-state index < -0.39 is 22.4 Å². The van der Waals surface area contributed by atoms with Crippen LogP contribution in [0.4, 0.5) is 16.2 Å². The van der Waals surface area contributed by atoms with Crippen LogP contribution < -0.4 is 5.32 Å². The molecule has 1 aromatic carbocycles. The summed E-state index contributed by atoms with van der Waals surface area (Å²) in [6.07, 6.45) is 0. The van der Waals surface area contributed by atoms with E-state index in [0.29, 0.717) is 26.3 Å². The van der Waals surface area contributed by atoms with Gasteiger partial charge >= 0.3 is 11.7 Å². The van der Waals surface area contributed by atoms with Gasteiger partial charge in [0.05, 0.1) is 18.1 Å². The molecule has 1 aliphatic heterocycles. The van der Waals surface area contributed by atoms with E-state index in [2.05, 4.69) is 5.32 Å². The summed E-state index contributed by atoms with van der Waals surface area (Å²) in [7, 11) is 0. The number of carbonyl (C=O) groups is 1. The Labute approximate surface area is 108 Å². The Hall–Kier alpha value is -2.35. The lowest BCUT2D eigenvalue weighted by atomic mass is 10.2. The fourth-order valence-corrected chi connectivity index (χ4v) is 1.78. The lowest BCUT2D eigenvalue weighted by Gasteiger charge is -2.26. The minimum atomic E-state index is -0.732. The maximum atomic E-state index is 11.9. The highest BCUT2D eigenvalue weighted by Crippen LogP contribution is 2.33. The first-order valence-corrected chi connectivity index (χ1v) is 5.69. The standard InChI is InChI=1S/C11H13N3O5/c15-9-3-1-2-8(10(9)14(17)18)12-11(16)13-4-6-19-7-5-13/h1-3,15H,4-7H2,(H,12,16). The van der Waals surface area contributed by atoms with Crippen molar-refractivity contribution < 1.29 is 19.6 Å². The van der Waals surface area contributed by atoms with Gasteiger partial charge in [0.2, 0.25) is 0 Å². The van der Waals surface area contributed by atoms with Crippen LogP contribution in [0.25, 0.3) is 0 Å². The van der Waals surface area contributed by atoms with Crippen molar-refractivity contribution in [2.45, 2.75) is 0 Å². The molecule has 0 aliphatic carbocycles. The molecule has 19 heavy (non-hydrogen) atoms. The van der Waals surface area contributed by atoms with Gasteiger partial charge in [-0.15, -0.1) is 0 Å². The van der Waals surface area contributed by atoms with Crippen LogP contribution in [0.15, 0.2) is 18.2 Å². The molecule has 1 fully saturated rings. The summed E-state index contributed by atoms with van der Waals surface area (Å²) in [4.78, 5) is 23.5. The number of ether oxygens (including phenoxy) is 1. The third kappa shape index (κ3) is 2.91. The molecule has 1 aromatic rings. The molecular weight excluding hydrogens is 254 g/mol. The van der Waals surface area contributed by atoms with Crippen LogP contribution in [0, 0.1) is 10.1 Å². The number of nitro benzene ring substituents is 1. The molecule has 2 N–H and O–H groups in total. The Balaban J connectivity index is 2.16. The highest BCUT2D eigenvalue weighted by Gasteiger charge is 2.23. The van der Waals surface area contributed by atoms with Gasteiger partial charge < -0.3 is 20.1 Å². The highest BCUT2D eigenvalue weighted by molar-refractivity contribution is 5.92. The number of hydrogen-bond donors (Lipinski definition) is 2. The lowest BCUT2D eigenvalue weighted by molar-refractivity contribution is -0.384. The second kappa shape index (κ2) is 5.53. The smallest absolute Gasteiger partial charge is 0.334 e. The van der Waals surface area contributed by atoms with Crippen molar-refractivity contribution in [3.05, 3.63) is 28.3 Å². The topological polar surface area (TPSA) is 105 Å². The van der Waals surface area contributed by atoms with Crippen molar-refractivity contribution in [3.63, 3.8) is 0 Å². The number of rotatable bonds is 2. The zero-order valence-electron chi connectivity index (χ0n) is 10.0. The van der Waals surface area contributed by atoms with Gasteiger partial charge in [0.1, 0.15) is 5.69 Å². The Morgan fingerprint density at radius 3 is 2.74 bits per heavy atom. The van der Waals surface area contributed by atoms with Crippen molar-refractivity contribution in [1.29, 1.82) is 0 Å². The molecule has 1 heterocycles. The number of nitrogens with one attached hydrogen (secondary N) is 1. The Bertz CT molecular complexity index is 499. The highest BCUT2D eigenvalue weighted by atomic mass is 16.6. The molecule has 0 bridgehead atoms. The third-order valence-electron chi connectivity index (χ3n) is 2.74. The number of urea groups is 1. The Morgan fingerprint density at radius 2 is 2.11 bits per heavy atom. The molecule has 0 radical (unpaired) electrons. The van der Waals surface area contributed by atoms with Gasteiger partial charge in [-0.1, -0.05) is 6.07 Å². The summed E-state index contributed by atoms with van der Waals surface area (Å²) in [6.45, 7) is 1.74. The SMILES string of the molecule is O=C(Nc1cccc(O)c1[N+](=O)[O-])N1CCOCC1. The molecule has 1 aliphatic rings. The van der Waals surface area contributed by atoms with Crippen molar-refractivity contribution in [3.8, 4) is 5.75 Å². The van der Waals surface area contributed by atoms with Gasteiger partial charge in [0.15, 0.2) is 5.75 Å². The lowest BCUT2D eigenvalue weighted by Crippen LogP contribution is -2.43. The van der Waals surface area contributed by atoms with Crippen molar-refractivity contribution >= 4 is 17.4 Å². The third-order valence-corrected chi connectivity index (χ3v) is 2.74. The van der Waals surface area contributed by atoms with Gasteiger partial charge in [-0.25, -0.2) is 4.79 Å². The summed E-state index contributed by atoms with van der Waals surface area (Å²) in [6, 6.07) is 3.55. The molecule has 0 unspecified atom stereocenters. The number of amides is 2. The Kier molecular flexibility index (Phi) is 3.81. The van der Waals surface area contributed by atoms with E-state index in [-0.39, 0.29) is 5.69 Å². The molecule has 8 nitrogen and oxygen atoms in total. The molecule has 2 rings (SSSR count). The maximum absolute atomic E-state index is 11.9. The number of anilines is 1. The van der Waals surface area contributed by atoms with E-state index in [1.165, 1.54) is 23.1 Å². The number of nitro groups is 1. The van der Waals surface area contributed by atoms with Crippen LogP contribution in [0.1, 0.15) is 0 Å². The van der Waals surface area contributed by atoms with Crippen LogP contribution in [0.2, 0.25) is 0 Å². The molecule has 1 saturated heterocycles. The quantitative estimate of drug-likeness (QED) is 0.618. The maximum Gasteiger partial charge on any atom is 0.334 e. The molecule has 0 saturated carbocycles. The Morgan fingerprint density at radius 1 is 1.42 bits per heavy atom. The zero-order valence-corrected chi connectivity index (χ0v) is 10.0. The normalized spacial score (nSPS) is 15.1. The van der Waals surface area contributed by atoms with Crippen LogP contribution in [-0.4, -0.2) is 47.3 Å². The number of aromatic hydroxyl groups is 1. The fourth-order valence-electron chi connectivity index (χ4n) is 1.78. The predicted octanol–water partition coefficient (Wildman–Crippen LogP) is 1.16. The number of morpholine rings is 1. The van der Waals surface area contributed by atoms with Crippen molar-refractivity contribution in [2.24, 2.45) is 0 Å². The van der Waals surface area contributed by atoms with Crippen molar-refractivity contribution in [2.75, 3.05) is 31.6 Å². The zero-order chi connectivity index (χ0) is 13.8. The average Bonchev–Trinajstić information content (AvgIpc) is 2.39. The minimum absolute atomic E-state index is 0.0264. The number of para-hydroxylation sites is 1. The summed E-state index contributed by atoms with van der Waals surface area (Å²) in [5.41, 5.74) is -0.536. The van der Waals surface area contributed by atoms with Crippen LogP contribution in [0.5, 0.6) is 5.75 Å². The van der Waals surface area contributed by atoms with E-state index >= 15 is 0 Å². The second-order valence-electron chi connectivity index (χ2n) is 3.96. The first kappa shape index (κ1) is 13.1. The second-order valence-corrected chi connectivity index (χ2v) is 3.96. The molecule has 0 spiro atoms. The average molecular weight is 267 g/mol. The number of nitrogens with zero attached hydrogens (tertiary/aromatic N) is 2. The summed E-state index contributed by atoms with van der Waals surface area (Å²) in [5.74, 6) is -0.482. The minimum Gasteiger partial charge on any atom is -0.502 e. The molecule has 0 aromatic heterocycles. The van der Waals surface area contributed by atoms with Gasteiger partial charge in [-0.05, 0) is 12.1 Å². The van der Waals surface area contributed by atoms with Gasteiger partial charge in [-0.3, -0.25) is 10.1 Å². The van der Waals surface area contributed by atoms with E-state index in [0.717, 1.165) is 0 Å². The number of phenols is 1. The number of benzene rings is 1. The summed E-state index contributed by atoms with van der Waals surface area (Å²) < 4.78 is 5.11. The monoisotopic (exact) mass is 267 g/mol. The molecule has 8 heteroatoms. The van der Waals surface area contributed by atoms with E-state index in [4.69, 9.17) is 4.74 Å². The van der Waals surface area contributed by atoms with Gasteiger partial charge in [0, 0.05) is 13.1 Å². The first-order chi connectivity index (χ1) is 9.09. The van der Waals surface area contributed by atoms with E-state index in [9.17, 15) is 20.0 Å². The first-order valence-electron chi connectivity index (χ1n) is 5.69. The molecule has 2 amide bonds. The molecular formula is C11H13N3O5. The fraction of sp³-hybridized carbons (Fsp3) is 0.364. The van der Waals surface area contributed by atoms with Gasteiger partial charge in [-0.2, -0.15) is 0 Å². The summed E-state index contributed by atoms with van der Waals surface area (Å²) in [5, 5.41) is 22.8. The molecule has 102 valence electrons. The predicted molar refractivity (Wildman–Crippen MR) is 66.2 cm³/mol. The number of hydrogen-bond acceptors (Lipinski definition) is 5. The van der Waals surface area contributed by atoms with E-state index in [1.54, 1.807) is 0 Å². The number of carbonyl (C=O) groups excluding carboxylic acids is 1. The molecule has 0 atom stereocenters. The van der Waals surface area contributed by atoms with Crippen LogP contribution >= 0.6 is 0 Å². The van der Waals surface area contributed by atoms with Crippen molar-refractivity contribution in [1.82, 2.24) is 4.90 Å². The number of phenolic OH excluding ortho intramolecular Hbond substituents is 1. The largest absolute Gasteiger partial charge is 0.502 e. The summed E-state index contributed by atoms with van der Waals surface area (Å²) >= 11 is 0. The van der Waals surface area contributed by atoms with E-state index in [1.807, 2.05) is 0 Å². The van der Waals surface area contributed by atoms with Gasteiger partial charge in [0.25, 0.3) is 0 Å².